The summed E-state index contributed by atoms with van der Waals surface area (Å²) < 4.78 is 23.0. The second kappa shape index (κ2) is 7.05. The zero-order valence-electron chi connectivity index (χ0n) is 11.6. The van der Waals surface area contributed by atoms with E-state index in [0.717, 1.165) is 41.8 Å². The molecule has 2 rings (SSSR count). The summed E-state index contributed by atoms with van der Waals surface area (Å²) in [5.41, 5.74) is 7.94. The Morgan fingerprint density at radius 3 is 3.10 bits per heavy atom. The Hall–Kier alpha value is -1.88. The maximum absolute atomic E-state index is 12.0. The van der Waals surface area contributed by atoms with Crippen molar-refractivity contribution in [3.63, 3.8) is 0 Å². The quantitative estimate of drug-likeness (QED) is 0.842. The Bertz CT molecular complexity index is 593. The van der Waals surface area contributed by atoms with Crippen molar-refractivity contribution in [2.24, 2.45) is 5.73 Å². The first-order chi connectivity index (χ1) is 9.72. The maximum atomic E-state index is 12.0. The summed E-state index contributed by atoms with van der Waals surface area (Å²) in [6.45, 7) is 2.57. The average Bonchev–Trinajstić information content (AvgIpc) is 2.86. The number of ether oxygens (including phenoxy) is 1. The molecule has 0 saturated heterocycles. The molecule has 1 aromatic heterocycles. The van der Waals surface area contributed by atoms with E-state index in [1.165, 1.54) is 0 Å². The van der Waals surface area contributed by atoms with E-state index in [-0.39, 0.29) is 12.3 Å². The lowest BCUT2D eigenvalue weighted by Crippen LogP contribution is -2.05. The van der Waals surface area contributed by atoms with Gasteiger partial charge >= 0.3 is 0 Å². The number of rotatable bonds is 7. The van der Waals surface area contributed by atoms with Crippen LogP contribution in [0.15, 0.2) is 34.6 Å². The van der Waals surface area contributed by atoms with Gasteiger partial charge in [-0.15, -0.1) is 0 Å². The van der Waals surface area contributed by atoms with Crippen LogP contribution in [-0.2, 0) is 17.8 Å². The van der Waals surface area contributed by atoms with Crippen molar-refractivity contribution in [2.75, 3.05) is 6.61 Å². The van der Waals surface area contributed by atoms with Crippen molar-refractivity contribution in [1.82, 2.24) is 4.98 Å². The normalized spacial score (nSPS) is 12.2. The van der Waals surface area contributed by atoms with Crippen LogP contribution in [0, 0.1) is 0 Å². The van der Waals surface area contributed by atoms with Crippen molar-refractivity contribution in [3.05, 3.63) is 41.7 Å². The van der Waals surface area contributed by atoms with E-state index in [4.69, 9.17) is 14.9 Å². The molecule has 0 atom stereocenters. The molecule has 1 aromatic carbocycles. The zero-order valence-corrected chi connectivity index (χ0v) is 11.6. The molecule has 0 bridgehead atoms. The lowest BCUT2D eigenvalue weighted by molar-refractivity contribution is 0.141. The predicted molar refractivity (Wildman–Crippen MR) is 75.7 cm³/mol. The van der Waals surface area contributed by atoms with E-state index >= 15 is 0 Å². The van der Waals surface area contributed by atoms with E-state index < -0.39 is 0 Å². The molecule has 4 nitrogen and oxygen atoms in total. The molecule has 0 saturated carbocycles. The Balaban J connectivity index is 2.01. The minimum absolute atomic E-state index is 0.0761. The topological polar surface area (TPSA) is 61.3 Å². The smallest absolute Gasteiger partial charge is 0.195 e. The molecular weight excluding hydrogens is 259 g/mol. The second-order valence-corrected chi connectivity index (χ2v) is 4.69. The van der Waals surface area contributed by atoms with Crippen LogP contribution in [0.3, 0.4) is 0 Å². The number of halogens is 1. The van der Waals surface area contributed by atoms with E-state index in [1.807, 2.05) is 18.2 Å². The first-order valence-electron chi connectivity index (χ1n) is 6.73. The monoisotopic (exact) mass is 278 g/mol. The van der Waals surface area contributed by atoms with Crippen LogP contribution < -0.4 is 5.73 Å². The Morgan fingerprint density at radius 1 is 1.50 bits per heavy atom. The van der Waals surface area contributed by atoms with Crippen LogP contribution in [0.5, 0.6) is 0 Å². The molecule has 0 amide bonds. The van der Waals surface area contributed by atoms with Crippen molar-refractivity contribution in [3.8, 4) is 0 Å². The van der Waals surface area contributed by atoms with Gasteiger partial charge in [0.1, 0.15) is 11.8 Å². The Labute approximate surface area is 117 Å². The minimum atomic E-state index is 0.0761. The highest BCUT2D eigenvalue weighted by atomic mass is 19.1. The first kappa shape index (κ1) is 14.5. The van der Waals surface area contributed by atoms with Gasteiger partial charge in [-0.2, -0.15) is 0 Å². The van der Waals surface area contributed by atoms with E-state index in [0.29, 0.717) is 12.9 Å². The van der Waals surface area contributed by atoms with Gasteiger partial charge in [0, 0.05) is 6.42 Å². The standard InChI is InChI=1S/C15H19FN2O2/c1-2-3-4-15-18-13-6-5-11(7-14(13)20-15)9-19-10-12(17)8-16/h5-8H,2-4,9-10,17H2,1H3/b12-8-. The number of unbranched alkanes of at least 4 members (excludes halogenated alkanes) is 1. The average molecular weight is 278 g/mol. The highest BCUT2D eigenvalue weighted by Crippen LogP contribution is 2.19. The summed E-state index contributed by atoms with van der Waals surface area (Å²) in [4.78, 5) is 4.43. The van der Waals surface area contributed by atoms with E-state index in [1.54, 1.807) is 0 Å². The summed E-state index contributed by atoms with van der Waals surface area (Å²) in [6, 6.07) is 5.72. The van der Waals surface area contributed by atoms with Crippen LogP contribution in [0.4, 0.5) is 4.39 Å². The fraction of sp³-hybridized carbons (Fsp3) is 0.400. The number of nitrogens with zero attached hydrogens (tertiary/aromatic N) is 1. The fourth-order valence-corrected chi connectivity index (χ4v) is 1.86. The minimum Gasteiger partial charge on any atom is -0.441 e. The third kappa shape index (κ3) is 3.81. The van der Waals surface area contributed by atoms with Crippen LogP contribution in [0.2, 0.25) is 0 Å². The molecule has 0 aliphatic heterocycles. The van der Waals surface area contributed by atoms with Gasteiger partial charge in [-0.25, -0.2) is 9.37 Å². The van der Waals surface area contributed by atoms with E-state index in [9.17, 15) is 4.39 Å². The molecule has 20 heavy (non-hydrogen) atoms. The molecule has 0 aliphatic carbocycles. The highest BCUT2D eigenvalue weighted by Gasteiger charge is 2.06. The number of aryl methyl sites for hydroxylation is 1. The van der Waals surface area contributed by atoms with E-state index in [2.05, 4.69) is 11.9 Å². The highest BCUT2D eigenvalue weighted by molar-refractivity contribution is 5.73. The van der Waals surface area contributed by atoms with Gasteiger partial charge in [-0.1, -0.05) is 19.4 Å². The Kier molecular flexibility index (Phi) is 5.12. The molecule has 2 aromatic rings. The molecule has 1 heterocycles. The van der Waals surface area contributed by atoms with Gasteiger partial charge < -0.3 is 14.9 Å². The van der Waals surface area contributed by atoms with Gasteiger partial charge in [-0.3, -0.25) is 0 Å². The molecule has 0 fully saturated rings. The molecule has 0 aliphatic rings. The first-order valence-corrected chi connectivity index (χ1v) is 6.73. The second-order valence-electron chi connectivity index (χ2n) is 4.69. The lowest BCUT2D eigenvalue weighted by Gasteiger charge is -2.03. The predicted octanol–water partition coefficient (Wildman–Crippen LogP) is 3.46. The van der Waals surface area contributed by atoms with Crippen LogP contribution >= 0.6 is 0 Å². The summed E-state index contributed by atoms with van der Waals surface area (Å²) in [5.74, 6) is 0.768. The summed E-state index contributed by atoms with van der Waals surface area (Å²) in [5, 5.41) is 0. The third-order valence-electron chi connectivity index (χ3n) is 2.92. The number of hydrogen-bond acceptors (Lipinski definition) is 4. The van der Waals surface area contributed by atoms with Crippen LogP contribution in [0.25, 0.3) is 11.1 Å². The summed E-state index contributed by atoms with van der Waals surface area (Å²) in [7, 11) is 0. The van der Waals surface area contributed by atoms with Gasteiger partial charge in [0.15, 0.2) is 11.5 Å². The van der Waals surface area contributed by atoms with Crippen LogP contribution in [-0.4, -0.2) is 11.6 Å². The molecule has 108 valence electrons. The third-order valence-corrected chi connectivity index (χ3v) is 2.92. The van der Waals surface area contributed by atoms with Crippen molar-refractivity contribution in [2.45, 2.75) is 32.8 Å². The molecular formula is C15H19FN2O2. The van der Waals surface area contributed by atoms with Crippen molar-refractivity contribution >= 4 is 11.1 Å². The summed E-state index contributed by atoms with van der Waals surface area (Å²) >= 11 is 0. The van der Waals surface area contributed by atoms with Gasteiger partial charge in [0.2, 0.25) is 0 Å². The van der Waals surface area contributed by atoms with Gasteiger partial charge in [-0.05, 0) is 24.1 Å². The number of nitrogens with two attached hydrogens (primary N) is 1. The number of hydrogen-bond donors (Lipinski definition) is 1. The number of aromatic nitrogens is 1. The fourth-order valence-electron chi connectivity index (χ4n) is 1.86. The van der Waals surface area contributed by atoms with Crippen molar-refractivity contribution in [1.29, 1.82) is 0 Å². The number of benzene rings is 1. The Morgan fingerprint density at radius 2 is 2.35 bits per heavy atom. The number of fused-ring (bicyclic) bond motifs is 1. The van der Waals surface area contributed by atoms with Gasteiger partial charge in [0.05, 0.1) is 18.9 Å². The van der Waals surface area contributed by atoms with Gasteiger partial charge in [0.25, 0.3) is 0 Å². The molecule has 2 N–H and O–H groups in total. The lowest BCUT2D eigenvalue weighted by atomic mass is 10.2. The SMILES string of the molecule is CCCCc1nc2ccc(COC/C(N)=C/F)cc2o1. The summed E-state index contributed by atoms with van der Waals surface area (Å²) in [6.07, 6.45) is 3.38. The van der Waals surface area contributed by atoms with Crippen LogP contribution in [0.1, 0.15) is 31.2 Å². The van der Waals surface area contributed by atoms with Crippen molar-refractivity contribution < 1.29 is 13.5 Å². The molecule has 0 unspecified atom stereocenters. The molecule has 5 heteroatoms. The largest absolute Gasteiger partial charge is 0.441 e. The molecule has 0 spiro atoms. The molecule has 0 radical (unpaired) electrons. The zero-order chi connectivity index (χ0) is 14.4. The maximum Gasteiger partial charge on any atom is 0.195 e. The number of oxazole rings is 1.